The van der Waals surface area contributed by atoms with Crippen molar-refractivity contribution >= 4 is 29.6 Å². The van der Waals surface area contributed by atoms with Gasteiger partial charge >= 0.3 is 23.9 Å². The molecule has 2 rings (SSSR count). The Balaban J connectivity index is 0.000000342. The van der Waals surface area contributed by atoms with Crippen LogP contribution in [0.4, 0.5) is 5.69 Å². The van der Waals surface area contributed by atoms with Crippen LogP contribution in [-0.4, -0.2) is 49.2 Å². The number of carbonyl (C=O) groups is 4. The first kappa shape index (κ1) is 12.1. The molecule has 0 aromatic heterocycles. The number of rotatable bonds is 5. The average Bonchev–Trinajstić information content (AvgIpc) is 2.71. The Bertz CT molecular complexity index is 1190. The van der Waals surface area contributed by atoms with Crippen LogP contribution in [0.5, 0.6) is 0 Å². The topological polar surface area (TPSA) is 192 Å². The highest BCUT2D eigenvalue weighted by Crippen LogP contribution is 2.22. The number of carboxylic acid groups (broad SMARTS) is 4. The van der Waals surface area contributed by atoms with Gasteiger partial charge in [-0.2, -0.15) is 0 Å². The summed E-state index contributed by atoms with van der Waals surface area (Å²) < 4.78 is 50.6. The van der Waals surface area contributed by atoms with Crippen LogP contribution in [0.25, 0.3) is 0 Å². The Hall–Kier alpha value is -4.28. The molecule has 0 fully saturated rings. The van der Waals surface area contributed by atoms with Crippen LogP contribution in [0.3, 0.4) is 0 Å². The Morgan fingerprint density at radius 1 is 0.741 bits per heavy atom. The second kappa shape index (κ2) is 8.71. The molecule has 0 heterocycles. The molecule has 11 nitrogen and oxygen atoms in total. The van der Waals surface area contributed by atoms with E-state index in [-0.39, 0.29) is 0 Å². The summed E-state index contributed by atoms with van der Waals surface area (Å²) in [5, 5.41) is 45.7. The Morgan fingerprint density at radius 3 is 1.48 bits per heavy atom. The number of nitro groups is 1. The SMILES string of the molecule is [2H]c1c([2H])c(C(=O)O)c(C(=O)O)c([N+](=O)[O-])c1[2H].[2H]c1c([2H])c([2H])c(C(=O)O)c(C(=O)O)c1[2H]. The van der Waals surface area contributed by atoms with Gasteiger partial charge in [0.2, 0.25) is 0 Å². The largest absolute Gasteiger partial charge is 0.478 e. The van der Waals surface area contributed by atoms with Crippen LogP contribution in [-0.2, 0) is 0 Å². The van der Waals surface area contributed by atoms with E-state index in [1.165, 1.54) is 0 Å². The fourth-order valence-electron chi connectivity index (χ4n) is 1.54. The first-order chi connectivity index (χ1) is 15.5. The smallest absolute Gasteiger partial charge is 0.343 e. The number of nitrogens with zero attached hydrogens (tertiary/aromatic N) is 1. The van der Waals surface area contributed by atoms with E-state index in [0.29, 0.717) is 0 Å². The molecule has 140 valence electrons. The van der Waals surface area contributed by atoms with Gasteiger partial charge in [0.1, 0.15) is 0 Å². The number of aromatic carboxylic acids is 4. The van der Waals surface area contributed by atoms with Crippen molar-refractivity contribution in [3.8, 4) is 0 Å². The van der Waals surface area contributed by atoms with Gasteiger partial charge in [-0.3, -0.25) is 10.1 Å². The molecule has 0 saturated heterocycles. The molecule has 0 bridgehead atoms. The van der Waals surface area contributed by atoms with Gasteiger partial charge in [-0.15, -0.1) is 0 Å². The third-order valence-electron chi connectivity index (χ3n) is 2.58. The zero-order valence-corrected chi connectivity index (χ0v) is 12.7. The molecular formula is C16H11NO10. The summed E-state index contributed by atoms with van der Waals surface area (Å²) in [6, 6.07) is -6.44. The number of carboxylic acids is 4. The maximum Gasteiger partial charge on any atom is 0.343 e. The lowest BCUT2D eigenvalue weighted by molar-refractivity contribution is -0.385. The van der Waals surface area contributed by atoms with E-state index in [4.69, 9.17) is 30.0 Å². The summed E-state index contributed by atoms with van der Waals surface area (Å²) in [5.74, 6) is -7.23. The van der Waals surface area contributed by atoms with E-state index < -0.39 is 99.0 Å². The first-order valence-electron chi connectivity index (χ1n) is 9.80. The quantitative estimate of drug-likeness (QED) is 0.438. The van der Waals surface area contributed by atoms with Crippen molar-refractivity contribution in [3.63, 3.8) is 0 Å². The van der Waals surface area contributed by atoms with E-state index in [2.05, 4.69) is 0 Å². The lowest BCUT2D eigenvalue weighted by Crippen LogP contribution is -2.10. The maximum atomic E-state index is 10.9. The van der Waals surface area contributed by atoms with Crippen LogP contribution in [0.2, 0.25) is 0 Å². The summed E-state index contributed by atoms with van der Waals surface area (Å²) in [7, 11) is 0. The van der Waals surface area contributed by atoms with Gasteiger partial charge in [0.15, 0.2) is 5.56 Å². The third-order valence-corrected chi connectivity index (χ3v) is 2.58. The molecule has 11 heteroatoms. The fourth-order valence-corrected chi connectivity index (χ4v) is 1.54. The van der Waals surface area contributed by atoms with Crippen LogP contribution >= 0.6 is 0 Å². The molecule has 0 saturated carbocycles. The molecule has 0 unspecified atom stereocenters. The minimum absolute atomic E-state index is 0.771. The molecule has 2 aromatic carbocycles. The normalized spacial score (nSPS) is 13.1. The van der Waals surface area contributed by atoms with Crippen LogP contribution < -0.4 is 0 Å². The summed E-state index contributed by atoms with van der Waals surface area (Å²) in [4.78, 5) is 52.6. The van der Waals surface area contributed by atoms with Crippen molar-refractivity contribution in [3.05, 3.63) is 74.7 Å². The maximum absolute atomic E-state index is 10.9. The molecule has 0 spiro atoms. The Kier molecular flexibility index (Phi) is 3.91. The minimum Gasteiger partial charge on any atom is -0.478 e. The van der Waals surface area contributed by atoms with Gasteiger partial charge in [-0.05, 0) is 18.1 Å². The van der Waals surface area contributed by atoms with E-state index in [9.17, 15) is 29.3 Å². The third kappa shape index (κ3) is 5.09. The molecular weight excluding hydrogens is 366 g/mol. The van der Waals surface area contributed by atoms with Gasteiger partial charge in [-0.25, -0.2) is 19.2 Å². The van der Waals surface area contributed by atoms with Crippen molar-refractivity contribution in [2.75, 3.05) is 0 Å². The second-order valence-corrected chi connectivity index (χ2v) is 4.20. The monoisotopic (exact) mass is 384 g/mol. The van der Waals surface area contributed by atoms with Crippen molar-refractivity contribution in [1.29, 1.82) is 0 Å². The van der Waals surface area contributed by atoms with E-state index in [0.717, 1.165) is 0 Å². The number of hydrogen-bond donors (Lipinski definition) is 4. The zero-order valence-electron chi connectivity index (χ0n) is 19.7. The minimum atomic E-state index is -1.94. The number of hydrogen-bond acceptors (Lipinski definition) is 6. The predicted molar refractivity (Wildman–Crippen MR) is 87.4 cm³/mol. The molecule has 0 aliphatic rings. The summed E-state index contributed by atoms with van der Waals surface area (Å²) in [5.41, 5.74) is -5.60. The van der Waals surface area contributed by atoms with Crippen LogP contribution in [0.1, 0.15) is 51.0 Å². The zero-order chi connectivity index (χ0) is 26.8. The summed E-state index contributed by atoms with van der Waals surface area (Å²) >= 11 is 0. The molecule has 2 aromatic rings. The Morgan fingerprint density at radius 2 is 1.15 bits per heavy atom. The molecule has 4 N–H and O–H groups in total. The predicted octanol–water partition coefficient (Wildman–Crippen LogP) is 2.07. The lowest BCUT2D eigenvalue weighted by atomic mass is 10.1. The number of nitro benzene ring substituents is 1. The molecule has 0 radical (unpaired) electrons. The van der Waals surface area contributed by atoms with Crippen molar-refractivity contribution in [2.45, 2.75) is 0 Å². The van der Waals surface area contributed by atoms with Crippen molar-refractivity contribution in [2.24, 2.45) is 0 Å². The highest BCUT2D eigenvalue weighted by atomic mass is 16.6. The van der Waals surface area contributed by atoms with Gasteiger partial charge in [0.05, 0.1) is 31.2 Å². The highest BCUT2D eigenvalue weighted by molar-refractivity contribution is 6.04. The van der Waals surface area contributed by atoms with Crippen molar-refractivity contribution in [1.82, 2.24) is 0 Å². The average molecular weight is 384 g/mol. The van der Waals surface area contributed by atoms with Crippen molar-refractivity contribution < 1.29 is 54.1 Å². The van der Waals surface area contributed by atoms with E-state index in [1.54, 1.807) is 0 Å². The van der Waals surface area contributed by atoms with Crippen LogP contribution in [0, 0.1) is 10.1 Å². The molecule has 0 aliphatic carbocycles. The van der Waals surface area contributed by atoms with E-state index >= 15 is 0 Å². The van der Waals surface area contributed by atoms with Gasteiger partial charge in [0.25, 0.3) is 5.69 Å². The van der Waals surface area contributed by atoms with Crippen LogP contribution in [0.15, 0.2) is 42.3 Å². The van der Waals surface area contributed by atoms with Gasteiger partial charge in [-0.1, -0.05) is 18.1 Å². The fraction of sp³-hybridized carbons (Fsp3) is 0. The molecule has 27 heavy (non-hydrogen) atoms. The summed E-state index contributed by atoms with van der Waals surface area (Å²) in [6.07, 6.45) is 0. The number of benzene rings is 2. The highest BCUT2D eigenvalue weighted by Gasteiger charge is 2.26. The second-order valence-electron chi connectivity index (χ2n) is 4.20. The first-order valence-corrected chi connectivity index (χ1v) is 6.30. The lowest BCUT2D eigenvalue weighted by Gasteiger charge is -2.01. The molecule has 0 aliphatic heterocycles. The van der Waals surface area contributed by atoms with Gasteiger partial charge in [0, 0.05) is 6.04 Å². The summed E-state index contributed by atoms with van der Waals surface area (Å²) in [6.45, 7) is 0. The molecule has 0 atom stereocenters. The van der Waals surface area contributed by atoms with E-state index in [1.807, 2.05) is 0 Å². The Labute approximate surface area is 159 Å². The van der Waals surface area contributed by atoms with Gasteiger partial charge < -0.3 is 20.4 Å². The standard InChI is InChI=1S/C8H5NO6.C8H6O4/c10-7(11)4-2-1-3-5(9(14)15)6(4)8(12)13;9-7(10)5-3-1-2-4-6(5)8(11)12/h1-3H,(H,10,11)(H,12,13);1-4H,(H,9,10)(H,11,12)/i1D,2D,3D;1D,2D,3D,4D. The molecule has 0 amide bonds.